The van der Waals surface area contributed by atoms with E-state index in [1.54, 1.807) is 6.07 Å². The summed E-state index contributed by atoms with van der Waals surface area (Å²) in [6.07, 6.45) is 12.4. The van der Waals surface area contributed by atoms with Crippen LogP contribution in [0.3, 0.4) is 0 Å². The molecule has 3 saturated carbocycles. The topological polar surface area (TPSA) is 18.5 Å². The molecule has 214 valence electrons. The van der Waals surface area contributed by atoms with Crippen LogP contribution in [0.2, 0.25) is 0 Å². The van der Waals surface area contributed by atoms with Gasteiger partial charge in [0.25, 0.3) is 0 Å². The molecule has 1 unspecified atom stereocenters. The zero-order chi connectivity index (χ0) is 26.7. The highest BCUT2D eigenvalue weighted by Crippen LogP contribution is 2.48. The standard InChI is InChI=1S/C32H46F4O2/c1-2-21-3-9-26(10-4-21)29-16-15-27-19-28(20-30(31(27)37-29)38-32(34,35)36)25-13-11-24(12-14-25)23-7-5-22(6-8-23)17-18-33/h19-26,29H,2-18H2,1H3. The number of rotatable bonds is 7. The molecule has 1 heterocycles. The Morgan fingerprint density at radius 1 is 0.789 bits per heavy atom. The monoisotopic (exact) mass is 538 g/mol. The molecule has 3 fully saturated rings. The maximum Gasteiger partial charge on any atom is 0.573 e. The maximum absolute atomic E-state index is 13.5. The summed E-state index contributed by atoms with van der Waals surface area (Å²) in [5.41, 5.74) is 1.87. The second-order valence-electron chi connectivity index (χ2n) is 12.8. The minimum Gasteiger partial charge on any atom is -0.486 e. The molecule has 0 amide bonds. The fraction of sp³-hybridized carbons (Fsp3) is 0.812. The smallest absolute Gasteiger partial charge is 0.486 e. The van der Waals surface area contributed by atoms with E-state index >= 15 is 0 Å². The maximum atomic E-state index is 13.5. The third-order valence-electron chi connectivity index (χ3n) is 10.7. The lowest BCUT2D eigenvalue weighted by Gasteiger charge is -2.39. The molecule has 4 aliphatic rings. The molecule has 0 radical (unpaired) electrons. The van der Waals surface area contributed by atoms with Crippen LogP contribution >= 0.6 is 0 Å². The first kappa shape index (κ1) is 28.1. The number of aryl methyl sites for hydroxylation is 1. The molecule has 1 aromatic rings. The Balaban J connectivity index is 1.25. The van der Waals surface area contributed by atoms with Crippen molar-refractivity contribution in [1.29, 1.82) is 0 Å². The van der Waals surface area contributed by atoms with E-state index in [0.29, 0.717) is 29.9 Å². The lowest BCUT2D eigenvalue weighted by molar-refractivity contribution is -0.275. The third-order valence-corrected chi connectivity index (χ3v) is 10.7. The molecule has 0 saturated heterocycles. The average Bonchev–Trinajstić information content (AvgIpc) is 2.93. The van der Waals surface area contributed by atoms with Crippen LogP contribution in [0.25, 0.3) is 0 Å². The van der Waals surface area contributed by atoms with Crippen LogP contribution < -0.4 is 9.47 Å². The summed E-state index contributed by atoms with van der Waals surface area (Å²) in [6, 6.07) is 3.76. The molecule has 0 aromatic heterocycles. The number of hydrogen-bond acceptors (Lipinski definition) is 2. The van der Waals surface area contributed by atoms with Crippen molar-refractivity contribution in [3.63, 3.8) is 0 Å². The van der Waals surface area contributed by atoms with Crippen LogP contribution in [0.4, 0.5) is 17.6 Å². The molecule has 5 rings (SSSR count). The van der Waals surface area contributed by atoms with E-state index in [-0.39, 0.29) is 24.4 Å². The zero-order valence-electron chi connectivity index (χ0n) is 23.0. The van der Waals surface area contributed by atoms with Gasteiger partial charge in [-0.2, -0.15) is 0 Å². The first-order valence-corrected chi connectivity index (χ1v) is 15.5. The molecule has 1 aromatic carbocycles. The Morgan fingerprint density at radius 2 is 1.39 bits per heavy atom. The molecule has 2 nitrogen and oxygen atoms in total. The van der Waals surface area contributed by atoms with Crippen molar-refractivity contribution in [1.82, 2.24) is 0 Å². The van der Waals surface area contributed by atoms with Crippen molar-refractivity contribution < 1.29 is 27.0 Å². The molecule has 0 spiro atoms. The van der Waals surface area contributed by atoms with Crippen LogP contribution in [-0.2, 0) is 6.42 Å². The number of benzene rings is 1. The van der Waals surface area contributed by atoms with Crippen molar-refractivity contribution in [2.24, 2.45) is 29.6 Å². The van der Waals surface area contributed by atoms with Crippen LogP contribution in [0.1, 0.15) is 120 Å². The fourth-order valence-corrected chi connectivity index (χ4v) is 8.27. The Kier molecular flexibility index (Phi) is 9.14. The summed E-state index contributed by atoms with van der Waals surface area (Å²) >= 11 is 0. The van der Waals surface area contributed by atoms with Crippen LogP contribution in [-0.4, -0.2) is 19.1 Å². The van der Waals surface area contributed by atoms with Gasteiger partial charge in [-0.25, -0.2) is 0 Å². The molecule has 0 N–H and O–H groups in total. The number of ether oxygens (including phenoxy) is 2. The zero-order valence-corrected chi connectivity index (χ0v) is 23.0. The second kappa shape index (κ2) is 12.4. The summed E-state index contributed by atoms with van der Waals surface area (Å²) in [7, 11) is 0. The lowest BCUT2D eigenvalue weighted by Crippen LogP contribution is -2.34. The van der Waals surface area contributed by atoms with Crippen LogP contribution in [0.5, 0.6) is 11.5 Å². The van der Waals surface area contributed by atoms with E-state index in [2.05, 4.69) is 17.7 Å². The molecule has 1 atom stereocenters. The number of alkyl halides is 4. The van der Waals surface area contributed by atoms with Gasteiger partial charge in [0.15, 0.2) is 11.5 Å². The second-order valence-corrected chi connectivity index (χ2v) is 12.8. The summed E-state index contributed by atoms with van der Waals surface area (Å²) in [5.74, 6) is 3.67. The Bertz CT molecular complexity index is 891. The van der Waals surface area contributed by atoms with Crippen molar-refractivity contribution in [3.05, 3.63) is 23.3 Å². The fourth-order valence-electron chi connectivity index (χ4n) is 8.27. The molecule has 6 heteroatoms. The Hall–Kier alpha value is -1.46. The van der Waals surface area contributed by atoms with E-state index in [1.807, 2.05) is 0 Å². The summed E-state index contributed by atoms with van der Waals surface area (Å²) in [6.45, 7) is 2.04. The first-order valence-electron chi connectivity index (χ1n) is 15.5. The van der Waals surface area contributed by atoms with Crippen molar-refractivity contribution in [3.8, 4) is 11.5 Å². The van der Waals surface area contributed by atoms with Gasteiger partial charge in [-0.3, -0.25) is 4.39 Å². The average molecular weight is 539 g/mol. The van der Waals surface area contributed by atoms with E-state index in [0.717, 1.165) is 87.2 Å². The minimum absolute atomic E-state index is 0.0165. The van der Waals surface area contributed by atoms with Crippen molar-refractivity contribution in [2.45, 2.75) is 128 Å². The summed E-state index contributed by atoms with van der Waals surface area (Å²) < 4.78 is 64.0. The van der Waals surface area contributed by atoms with Gasteiger partial charge in [0.1, 0.15) is 6.10 Å². The van der Waals surface area contributed by atoms with Gasteiger partial charge in [-0.05, 0) is 123 Å². The molecule has 3 aliphatic carbocycles. The van der Waals surface area contributed by atoms with Crippen molar-refractivity contribution in [2.75, 3.05) is 6.67 Å². The summed E-state index contributed by atoms with van der Waals surface area (Å²) in [5, 5.41) is 0. The van der Waals surface area contributed by atoms with Gasteiger partial charge in [-0.15, -0.1) is 13.2 Å². The summed E-state index contributed by atoms with van der Waals surface area (Å²) in [4.78, 5) is 0. The van der Waals surface area contributed by atoms with E-state index in [4.69, 9.17) is 4.74 Å². The lowest BCUT2D eigenvalue weighted by atomic mass is 9.68. The highest BCUT2D eigenvalue weighted by Gasteiger charge is 2.38. The molecule has 1 aliphatic heterocycles. The van der Waals surface area contributed by atoms with Gasteiger partial charge in [-0.1, -0.05) is 45.1 Å². The molecule has 0 bridgehead atoms. The number of fused-ring (bicyclic) bond motifs is 1. The molecule has 38 heavy (non-hydrogen) atoms. The van der Waals surface area contributed by atoms with Gasteiger partial charge in [0.05, 0.1) is 6.67 Å². The number of halogens is 4. The highest BCUT2D eigenvalue weighted by atomic mass is 19.4. The van der Waals surface area contributed by atoms with Crippen LogP contribution in [0.15, 0.2) is 12.1 Å². The van der Waals surface area contributed by atoms with E-state index in [9.17, 15) is 17.6 Å². The predicted molar refractivity (Wildman–Crippen MR) is 142 cm³/mol. The third kappa shape index (κ3) is 6.81. The van der Waals surface area contributed by atoms with Gasteiger partial charge in [0, 0.05) is 0 Å². The quantitative estimate of drug-likeness (QED) is 0.322. The van der Waals surface area contributed by atoms with Gasteiger partial charge >= 0.3 is 6.36 Å². The normalized spacial score (nSPS) is 34.3. The number of hydrogen-bond donors (Lipinski definition) is 0. The first-order chi connectivity index (χ1) is 18.3. The predicted octanol–water partition coefficient (Wildman–Crippen LogP) is 9.93. The minimum atomic E-state index is -4.74. The van der Waals surface area contributed by atoms with Crippen molar-refractivity contribution >= 4 is 0 Å². The highest BCUT2D eigenvalue weighted by molar-refractivity contribution is 5.51. The van der Waals surface area contributed by atoms with Crippen LogP contribution in [0, 0.1) is 29.6 Å². The van der Waals surface area contributed by atoms with E-state index < -0.39 is 6.36 Å². The molecular formula is C32H46F4O2. The SMILES string of the molecule is CCC1CCC(C2CCc3cc(C4CCC(C5CCC(CCF)CC5)CC4)cc(OC(F)(F)F)c3O2)CC1. The van der Waals surface area contributed by atoms with Gasteiger partial charge in [0.2, 0.25) is 0 Å². The Morgan fingerprint density at radius 3 is 2.00 bits per heavy atom. The largest absolute Gasteiger partial charge is 0.573 e. The van der Waals surface area contributed by atoms with E-state index in [1.165, 1.54) is 32.1 Å². The molecular weight excluding hydrogens is 492 g/mol. The van der Waals surface area contributed by atoms with Gasteiger partial charge < -0.3 is 9.47 Å². The Labute approximate surface area is 226 Å².